The number of carbonyl (C=O) groups is 2. The van der Waals surface area contributed by atoms with Crippen molar-refractivity contribution >= 4 is 29.3 Å². The minimum Gasteiger partial charge on any atom is -0.437 e. The highest BCUT2D eigenvalue weighted by atomic mass is 35.5. The van der Waals surface area contributed by atoms with Crippen molar-refractivity contribution < 1.29 is 27.5 Å². The number of hydrogen-bond acceptors (Lipinski definition) is 6. The lowest BCUT2D eigenvalue weighted by Crippen LogP contribution is -2.46. The molecule has 2 aromatic heterocycles. The lowest BCUT2D eigenvalue weighted by Gasteiger charge is -2.21. The third kappa shape index (κ3) is 8.50. The van der Waals surface area contributed by atoms with Gasteiger partial charge in [0.25, 0.3) is 5.56 Å². The molecular formula is C31H32ClF3N6O4. The van der Waals surface area contributed by atoms with Gasteiger partial charge < -0.3 is 24.5 Å². The van der Waals surface area contributed by atoms with E-state index in [2.05, 4.69) is 25.6 Å². The molecule has 0 saturated heterocycles. The quantitative estimate of drug-likeness (QED) is 0.213. The van der Waals surface area contributed by atoms with Gasteiger partial charge in [-0.25, -0.2) is 4.79 Å². The zero-order valence-corrected chi connectivity index (χ0v) is 25.7. The molecule has 0 aliphatic rings. The van der Waals surface area contributed by atoms with E-state index >= 15 is 0 Å². The van der Waals surface area contributed by atoms with Crippen LogP contribution in [0.3, 0.4) is 0 Å². The lowest BCUT2D eigenvalue weighted by atomic mass is 9.99. The van der Waals surface area contributed by atoms with E-state index in [1.807, 2.05) is 13.8 Å². The van der Waals surface area contributed by atoms with E-state index in [0.29, 0.717) is 29.0 Å². The number of ether oxygens (including phenoxy) is 1. The van der Waals surface area contributed by atoms with Gasteiger partial charge >= 0.3 is 12.3 Å². The van der Waals surface area contributed by atoms with Crippen LogP contribution in [-0.4, -0.2) is 49.7 Å². The van der Waals surface area contributed by atoms with Crippen molar-refractivity contribution in [1.29, 1.82) is 0 Å². The van der Waals surface area contributed by atoms with E-state index in [-0.39, 0.29) is 24.4 Å². The molecule has 238 valence electrons. The number of anilines is 1. The second-order valence-corrected chi connectivity index (χ2v) is 11.1. The summed E-state index contributed by atoms with van der Waals surface area (Å²) < 4.78 is 46.8. The average Bonchev–Trinajstić information content (AvgIpc) is 3.41. The van der Waals surface area contributed by atoms with Crippen molar-refractivity contribution in [2.75, 3.05) is 5.32 Å². The summed E-state index contributed by atoms with van der Waals surface area (Å²) in [5.41, 5.74) is 3.14. The Kier molecular flexibility index (Phi) is 10.3. The first-order valence-corrected chi connectivity index (χ1v) is 14.4. The molecule has 14 heteroatoms. The molecule has 2 heterocycles. The van der Waals surface area contributed by atoms with Gasteiger partial charge in [-0.15, -0.1) is 10.2 Å². The third-order valence-corrected chi connectivity index (χ3v) is 7.42. The third-order valence-electron chi connectivity index (χ3n) is 7.05. The SMILES string of the molecule is CC(C)n1cc(-c2ccc(Cl)c(CC[C@H](NC(=O)O[C@H](C)C(F)(F)F)C(=O)Nc3ccc(-c4nncn4C)cc3)c2)ccc1=O. The molecule has 0 bridgehead atoms. The Balaban J connectivity index is 1.54. The van der Waals surface area contributed by atoms with E-state index in [1.54, 1.807) is 77.2 Å². The Labute approximate surface area is 262 Å². The maximum Gasteiger partial charge on any atom is 0.425 e. The Bertz CT molecular complexity index is 1720. The molecule has 2 N–H and O–H groups in total. The number of pyridine rings is 1. The molecule has 0 saturated carbocycles. The summed E-state index contributed by atoms with van der Waals surface area (Å²) in [5.74, 6) is -0.0645. The molecule has 10 nitrogen and oxygen atoms in total. The number of benzene rings is 2. The van der Waals surface area contributed by atoms with Crippen LogP contribution < -0.4 is 16.2 Å². The van der Waals surface area contributed by atoms with Gasteiger partial charge in [0.05, 0.1) is 0 Å². The molecule has 45 heavy (non-hydrogen) atoms. The largest absolute Gasteiger partial charge is 0.437 e. The summed E-state index contributed by atoms with van der Waals surface area (Å²) in [7, 11) is 1.78. The van der Waals surface area contributed by atoms with E-state index in [1.165, 1.54) is 6.07 Å². The molecule has 0 radical (unpaired) electrons. The summed E-state index contributed by atoms with van der Waals surface area (Å²) in [6.45, 7) is 4.48. The number of amides is 2. The van der Waals surface area contributed by atoms with Crippen LogP contribution in [0.15, 0.2) is 71.9 Å². The van der Waals surface area contributed by atoms with Gasteiger partial charge in [0, 0.05) is 41.6 Å². The van der Waals surface area contributed by atoms with Crippen LogP contribution in [0.5, 0.6) is 0 Å². The molecule has 2 amide bonds. The van der Waals surface area contributed by atoms with Crippen LogP contribution in [0.2, 0.25) is 5.02 Å². The molecule has 2 aromatic carbocycles. The minimum atomic E-state index is -4.77. The predicted octanol–water partition coefficient (Wildman–Crippen LogP) is 6.16. The number of aryl methyl sites for hydroxylation is 2. The first-order chi connectivity index (χ1) is 21.2. The van der Waals surface area contributed by atoms with E-state index < -0.39 is 30.3 Å². The van der Waals surface area contributed by atoms with E-state index in [4.69, 9.17) is 11.6 Å². The van der Waals surface area contributed by atoms with Crippen LogP contribution in [0.1, 0.15) is 38.8 Å². The van der Waals surface area contributed by atoms with Crippen molar-refractivity contribution in [3.05, 3.63) is 88.1 Å². The molecule has 0 aliphatic carbocycles. The summed E-state index contributed by atoms with van der Waals surface area (Å²) in [5, 5.41) is 13.2. The maximum absolute atomic E-state index is 13.3. The van der Waals surface area contributed by atoms with E-state index in [9.17, 15) is 27.6 Å². The Morgan fingerprint density at radius 3 is 2.29 bits per heavy atom. The number of alkyl carbamates (subject to hydrolysis) is 1. The van der Waals surface area contributed by atoms with Crippen LogP contribution in [0.4, 0.5) is 23.7 Å². The number of alkyl halides is 3. The summed E-state index contributed by atoms with van der Waals surface area (Å²) >= 11 is 6.47. The predicted molar refractivity (Wildman–Crippen MR) is 164 cm³/mol. The average molecular weight is 645 g/mol. The Hall–Kier alpha value is -4.65. The highest BCUT2D eigenvalue weighted by Gasteiger charge is 2.39. The normalized spacial score (nSPS) is 12.9. The van der Waals surface area contributed by atoms with Gasteiger partial charge in [-0.1, -0.05) is 17.7 Å². The molecule has 0 spiro atoms. The van der Waals surface area contributed by atoms with Gasteiger partial charge in [-0.2, -0.15) is 13.2 Å². The number of nitrogens with one attached hydrogen (secondary N) is 2. The van der Waals surface area contributed by atoms with Crippen LogP contribution in [-0.2, 0) is 23.0 Å². The Morgan fingerprint density at radius 1 is 1.00 bits per heavy atom. The summed E-state index contributed by atoms with van der Waals surface area (Å²) in [6.07, 6.45) is -5.10. The molecule has 4 rings (SSSR count). The van der Waals surface area contributed by atoms with Crippen LogP contribution in [0, 0.1) is 0 Å². The van der Waals surface area contributed by atoms with Crippen LogP contribution in [0.25, 0.3) is 22.5 Å². The number of aromatic nitrogens is 4. The molecule has 0 fully saturated rings. The first-order valence-electron chi connectivity index (χ1n) is 14.0. The van der Waals surface area contributed by atoms with Crippen molar-refractivity contribution in [1.82, 2.24) is 24.6 Å². The molecule has 2 atom stereocenters. The maximum atomic E-state index is 13.3. The fourth-order valence-electron chi connectivity index (χ4n) is 4.47. The van der Waals surface area contributed by atoms with Gasteiger partial charge in [0.15, 0.2) is 11.9 Å². The number of carbonyl (C=O) groups excluding carboxylic acids is 2. The number of halogens is 4. The highest BCUT2D eigenvalue weighted by Crippen LogP contribution is 2.27. The zero-order valence-electron chi connectivity index (χ0n) is 24.9. The summed E-state index contributed by atoms with van der Waals surface area (Å²) in [4.78, 5) is 38.0. The molecule has 0 unspecified atom stereocenters. The molecule has 0 aliphatic heterocycles. The fourth-order valence-corrected chi connectivity index (χ4v) is 4.68. The fraction of sp³-hybridized carbons (Fsp3) is 0.323. The van der Waals surface area contributed by atoms with Gasteiger partial charge in [-0.05, 0) is 92.8 Å². The van der Waals surface area contributed by atoms with Gasteiger partial charge in [0.1, 0.15) is 12.4 Å². The summed E-state index contributed by atoms with van der Waals surface area (Å²) in [6, 6.07) is 13.8. The van der Waals surface area contributed by atoms with Crippen molar-refractivity contribution in [2.24, 2.45) is 7.05 Å². The number of rotatable bonds is 10. The zero-order chi connectivity index (χ0) is 32.9. The van der Waals surface area contributed by atoms with Gasteiger partial charge in [0.2, 0.25) is 5.91 Å². The number of hydrogen-bond donors (Lipinski definition) is 2. The smallest absolute Gasteiger partial charge is 0.425 e. The lowest BCUT2D eigenvalue weighted by molar-refractivity contribution is -0.197. The Morgan fingerprint density at radius 2 is 1.67 bits per heavy atom. The molecule has 4 aromatic rings. The second kappa shape index (κ2) is 14.0. The van der Waals surface area contributed by atoms with Crippen molar-refractivity contribution in [2.45, 2.75) is 58.0 Å². The second-order valence-electron chi connectivity index (χ2n) is 10.7. The molecular weight excluding hydrogens is 613 g/mol. The monoisotopic (exact) mass is 644 g/mol. The minimum absolute atomic E-state index is 0.0208. The van der Waals surface area contributed by atoms with E-state index in [0.717, 1.165) is 16.7 Å². The van der Waals surface area contributed by atoms with Gasteiger partial charge in [-0.3, -0.25) is 9.59 Å². The topological polar surface area (TPSA) is 120 Å². The highest BCUT2D eigenvalue weighted by molar-refractivity contribution is 6.31. The van der Waals surface area contributed by atoms with Crippen molar-refractivity contribution in [3.63, 3.8) is 0 Å². The number of nitrogens with zero attached hydrogens (tertiary/aromatic N) is 4. The standard InChI is InChI=1S/C31H32ClF3N6O4/c1-18(2)41-16-23(9-14-27(41)42)21-7-12-25(32)22(15-21)8-13-26(38-30(44)45-19(3)31(33,34)35)29(43)37-24-10-5-20(6-11-24)28-39-36-17-40(28)4/h5-7,9-12,14-19,26H,8,13H2,1-4H3,(H,37,43)(H,38,44)/t19-,26+/m1/s1. The van der Waals surface area contributed by atoms with Crippen molar-refractivity contribution in [3.8, 4) is 22.5 Å². The van der Waals surface area contributed by atoms with Crippen LogP contribution >= 0.6 is 11.6 Å². The first kappa shape index (κ1) is 33.2.